The van der Waals surface area contributed by atoms with Crippen molar-refractivity contribution in [2.75, 3.05) is 6.54 Å². The van der Waals surface area contributed by atoms with Gasteiger partial charge in [-0.25, -0.2) is 0 Å². The van der Waals surface area contributed by atoms with Gasteiger partial charge in [-0.1, -0.05) is 13.8 Å². The van der Waals surface area contributed by atoms with Gasteiger partial charge in [0.1, 0.15) is 0 Å². The quantitative estimate of drug-likeness (QED) is 0.445. The summed E-state index contributed by atoms with van der Waals surface area (Å²) in [4.78, 5) is 33.0. The van der Waals surface area contributed by atoms with Crippen molar-refractivity contribution in [3.05, 3.63) is 0 Å². The van der Waals surface area contributed by atoms with Crippen LogP contribution in [0.3, 0.4) is 0 Å². The van der Waals surface area contributed by atoms with E-state index in [1.54, 1.807) is 0 Å². The van der Waals surface area contributed by atoms with Gasteiger partial charge in [0.15, 0.2) is 0 Å². The average molecular weight is 259 g/mol. The summed E-state index contributed by atoms with van der Waals surface area (Å²) < 4.78 is 0. The topological polar surface area (TPSA) is 136 Å². The summed E-state index contributed by atoms with van der Waals surface area (Å²) in [5.74, 6) is -2.65. The van der Waals surface area contributed by atoms with E-state index >= 15 is 0 Å². The van der Waals surface area contributed by atoms with Crippen LogP contribution in [0.2, 0.25) is 0 Å². The third-order valence-corrected chi connectivity index (χ3v) is 2.39. The first-order valence-electron chi connectivity index (χ1n) is 5.78. The Morgan fingerprint density at radius 2 is 1.83 bits per heavy atom. The molecule has 0 heterocycles. The van der Waals surface area contributed by atoms with Crippen LogP contribution in [0.1, 0.15) is 26.7 Å². The van der Waals surface area contributed by atoms with E-state index in [-0.39, 0.29) is 18.9 Å². The molecule has 0 rings (SSSR count). The maximum Gasteiger partial charge on any atom is 0.308 e. The van der Waals surface area contributed by atoms with Gasteiger partial charge in [0.25, 0.3) is 0 Å². The zero-order valence-corrected chi connectivity index (χ0v) is 10.7. The van der Waals surface area contributed by atoms with Gasteiger partial charge in [-0.15, -0.1) is 0 Å². The fourth-order valence-corrected chi connectivity index (χ4v) is 1.50. The first kappa shape index (κ1) is 16.4. The molecule has 0 spiro atoms. The largest absolute Gasteiger partial charge is 0.481 e. The van der Waals surface area contributed by atoms with Crippen LogP contribution in [0.5, 0.6) is 0 Å². The minimum absolute atomic E-state index is 0.00118. The Bertz CT molecular complexity index is 317. The molecular weight excluding hydrogens is 238 g/mol. The normalized spacial score (nSPS) is 14.0. The highest BCUT2D eigenvalue weighted by Crippen LogP contribution is 2.11. The van der Waals surface area contributed by atoms with Crippen LogP contribution in [-0.4, -0.2) is 35.5 Å². The molecule has 2 unspecified atom stereocenters. The van der Waals surface area contributed by atoms with Crippen LogP contribution < -0.4 is 16.8 Å². The van der Waals surface area contributed by atoms with Gasteiger partial charge < -0.3 is 21.9 Å². The number of carboxylic acid groups (broad SMARTS) is 1. The summed E-state index contributed by atoms with van der Waals surface area (Å²) in [5, 5.41) is 11.4. The second kappa shape index (κ2) is 7.65. The van der Waals surface area contributed by atoms with Crippen LogP contribution in [-0.2, 0) is 14.4 Å². The molecule has 2 amide bonds. The second-order valence-corrected chi connectivity index (χ2v) is 4.69. The fraction of sp³-hybridized carbons (Fsp3) is 0.727. The second-order valence-electron chi connectivity index (χ2n) is 4.69. The van der Waals surface area contributed by atoms with E-state index in [2.05, 4.69) is 5.32 Å². The predicted octanol–water partition coefficient (Wildman–Crippen LogP) is -0.948. The molecule has 0 radical (unpaired) electrons. The monoisotopic (exact) mass is 259 g/mol. The highest BCUT2D eigenvalue weighted by atomic mass is 16.4. The lowest BCUT2D eigenvalue weighted by Gasteiger charge is -2.17. The molecule has 0 aliphatic carbocycles. The predicted molar refractivity (Wildman–Crippen MR) is 65.4 cm³/mol. The minimum atomic E-state index is -1.03. The van der Waals surface area contributed by atoms with Crippen molar-refractivity contribution in [3.8, 4) is 0 Å². The molecule has 0 aliphatic rings. The molecule has 0 aromatic rings. The van der Waals surface area contributed by atoms with E-state index in [9.17, 15) is 14.4 Å². The standard InChI is InChI=1S/C11H21N3O4/c1-6(2)3-7(11(17)18)5-14-10(16)8(12)4-9(13)15/h6-8H,3-5,12H2,1-2H3,(H2,13,15)(H,14,16)(H,17,18). The summed E-state index contributed by atoms with van der Waals surface area (Å²) >= 11 is 0. The van der Waals surface area contributed by atoms with Gasteiger partial charge in [0.05, 0.1) is 18.4 Å². The number of carboxylic acids is 1. The summed E-state index contributed by atoms with van der Waals surface area (Å²) in [6.45, 7) is 3.80. The Hall–Kier alpha value is -1.63. The molecule has 0 aromatic heterocycles. The molecule has 104 valence electrons. The molecule has 0 bridgehead atoms. The van der Waals surface area contributed by atoms with Crippen LogP contribution >= 0.6 is 0 Å². The van der Waals surface area contributed by atoms with Gasteiger partial charge in [0.2, 0.25) is 11.8 Å². The summed E-state index contributed by atoms with van der Waals surface area (Å²) in [5.41, 5.74) is 10.3. The Morgan fingerprint density at radius 1 is 1.28 bits per heavy atom. The number of primary amides is 1. The van der Waals surface area contributed by atoms with Gasteiger partial charge in [-0.3, -0.25) is 14.4 Å². The Labute approximate surface area is 106 Å². The average Bonchev–Trinajstić information content (AvgIpc) is 2.21. The smallest absolute Gasteiger partial charge is 0.308 e. The van der Waals surface area contributed by atoms with Gasteiger partial charge >= 0.3 is 5.97 Å². The van der Waals surface area contributed by atoms with Gasteiger partial charge in [-0.05, 0) is 12.3 Å². The van der Waals surface area contributed by atoms with Gasteiger partial charge in [-0.2, -0.15) is 0 Å². The molecule has 7 heteroatoms. The van der Waals surface area contributed by atoms with Crippen LogP contribution in [0.25, 0.3) is 0 Å². The number of hydrogen-bond donors (Lipinski definition) is 4. The lowest BCUT2D eigenvalue weighted by molar-refractivity contribution is -0.142. The van der Waals surface area contributed by atoms with Crippen molar-refractivity contribution in [3.63, 3.8) is 0 Å². The SMILES string of the molecule is CC(C)CC(CNC(=O)C(N)CC(N)=O)C(=O)O. The van der Waals surface area contributed by atoms with Crippen molar-refractivity contribution < 1.29 is 19.5 Å². The van der Waals surface area contributed by atoms with Gasteiger partial charge in [0, 0.05) is 6.54 Å². The summed E-state index contributed by atoms with van der Waals surface area (Å²) in [6, 6.07) is -1.03. The number of aliphatic carboxylic acids is 1. The Balaban J connectivity index is 4.22. The lowest BCUT2D eigenvalue weighted by atomic mass is 9.97. The number of hydrogen-bond acceptors (Lipinski definition) is 4. The molecule has 0 aromatic carbocycles. The molecule has 18 heavy (non-hydrogen) atoms. The van der Waals surface area contributed by atoms with E-state index in [0.717, 1.165) is 0 Å². The third kappa shape index (κ3) is 6.85. The van der Waals surface area contributed by atoms with E-state index in [4.69, 9.17) is 16.6 Å². The maximum atomic E-state index is 11.5. The lowest BCUT2D eigenvalue weighted by Crippen LogP contribution is -2.45. The third-order valence-electron chi connectivity index (χ3n) is 2.39. The highest BCUT2D eigenvalue weighted by Gasteiger charge is 2.22. The van der Waals surface area contributed by atoms with E-state index in [1.165, 1.54) is 0 Å². The van der Waals surface area contributed by atoms with E-state index < -0.39 is 29.7 Å². The molecule has 2 atom stereocenters. The Morgan fingerprint density at radius 3 is 2.22 bits per heavy atom. The number of rotatable bonds is 8. The van der Waals surface area contributed by atoms with Crippen LogP contribution in [0.4, 0.5) is 0 Å². The van der Waals surface area contributed by atoms with E-state index in [0.29, 0.717) is 6.42 Å². The molecule has 6 N–H and O–H groups in total. The molecule has 0 fully saturated rings. The number of carbonyl (C=O) groups excluding carboxylic acids is 2. The molecule has 0 aliphatic heterocycles. The van der Waals surface area contributed by atoms with Crippen molar-refractivity contribution in [1.82, 2.24) is 5.32 Å². The van der Waals surface area contributed by atoms with Crippen LogP contribution in [0, 0.1) is 11.8 Å². The number of nitrogens with one attached hydrogen (secondary N) is 1. The fourth-order valence-electron chi connectivity index (χ4n) is 1.50. The number of amides is 2. The maximum absolute atomic E-state index is 11.5. The number of nitrogens with two attached hydrogens (primary N) is 2. The minimum Gasteiger partial charge on any atom is -0.481 e. The number of carbonyl (C=O) groups is 3. The molecule has 0 saturated carbocycles. The van der Waals surface area contributed by atoms with Crippen molar-refractivity contribution in [2.45, 2.75) is 32.7 Å². The zero-order valence-electron chi connectivity index (χ0n) is 10.7. The van der Waals surface area contributed by atoms with Crippen molar-refractivity contribution in [1.29, 1.82) is 0 Å². The van der Waals surface area contributed by atoms with Crippen molar-refractivity contribution in [2.24, 2.45) is 23.3 Å². The van der Waals surface area contributed by atoms with E-state index in [1.807, 2.05) is 13.8 Å². The summed E-state index contributed by atoms with van der Waals surface area (Å²) in [6.07, 6.45) is 0.203. The first-order valence-corrected chi connectivity index (χ1v) is 5.78. The molecular formula is C11H21N3O4. The van der Waals surface area contributed by atoms with Crippen LogP contribution in [0.15, 0.2) is 0 Å². The Kier molecular flexibility index (Phi) is 6.96. The highest BCUT2D eigenvalue weighted by molar-refractivity contribution is 5.87. The molecule has 7 nitrogen and oxygen atoms in total. The first-order chi connectivity index (χ1) is 8.23. The zero-order chi connectivity index (χ0) is 14.3. The molecule has 0 saturated heterocycles. The summed E-state index contributed by atoms with van der Waals surface area (Å²) in [7, 11) is 0. The van der Waals surface area contributed by atoms with Crippen molar-refractivity contribution >= 4 is 17.8 Å².